The van der Waals surface area contributed by atoms with E-state index in [9.17, 15) is 9.18 Å². The summed E-state index contributed by atoms with van der Waals surface area (Å²) in [7, 11) is 0. The van der Waals surface area contributed by atoms with Gasteiger partial charge < -0.3 is 16.0 Å². The summed E-state index contributed by atoms with van der Waals surface area (Å²) in [5.74, 6) is -1.10. The highest BCUT2D eigenvalue weighted by Crippen LogP contribution is 2.25. The zero-order valence-electron chi connectivity index (χ0n) is 8.63. The number of benzene rings is 1. The number of aromatic amines is 1. The van der Waals surface area contributed by atoms with Crippen LogP contribution in [0.4, 0.5) is 15.8 Å². The summed E-state index contributed by atoms with van der Waals surface area (Å²) in [6, 6.07) is 5.61. The minimum absolute atomic E-state index is 0.0488. The van der Waals surface area contributed by atoms with Gasteiger partial charge in [0.15, 0.2) is 0 Å². The molecule has 2 rings (SSSR count). The minimum Gasteiger partial charge on any atom is -0.397 e. The first-order chi connectivity index (χ1) is 8.08. The normalized spacial score (nSPS) is 10.2. The van der Waals surface area contributed by atoms with Gasteiger partial charge in [0.1, 0.15) is 11.5 Å². The molecule has 0 saturated carbocycles. The van der Waals surface area contributed by atoms with Gasteiger partial charge in [-0.2, -0.15) is 0 Å². The third-order valence-electron chi connectivity index (χ3n) is 2.15. The number of carbonyl (C=O) groups is 1. The Balaban J connectivity index is 2.24. The number of anilines is 2. The lowest BCUT2D eigenvalue weighted by atomic mass is 10.3. The second-order valence-electron chi connectivity index (χ2n) is 3.40. The Hall–Kier alpha value is -2.01. The Morgan fingerprint density at radius 1 is 1.47 bits per heavy atom. The SMILES string of the molecule is Nc1c[nH]c(C(=O)Nc2c(F)cccc2Cl)c1. The largest absolute Gasteiger partial charge is 0.397 e. The van der Waals surface area contributed by atoms with Crippen LogP contribution in [0.2, 0.25) is 5.02 Å². The monoisotopic (exact) mass is 253 g/mol. The number of hydrogen-bond donors (Lipinski definition) is 3. The maximum absolute atomic E-state index is 13.4. The molecule has 0 fully saturated rings. The third kappa shape index (κ3) is 2.39. The van der Waals surface area contributed by atoms with Crippen molar-refractivity contribution in [3.8, 4) is 0 Å². The molecule has 0 unspecified atom stereocenters. The van der Waals surface area contributed by atoms with Crippen LogP contribution in [0.25, 0.3) is 0 Å². The van der Waals surface area contributed by atoms with E-state index < -0.39 is 11.7 Å². The van der Waals surface area contributed by atoms with Crippen molar-refractivity contribution in [2.75, 3.05) is 11.1 Å². The van der Waals surface area contributed by atoms with Crippen LogP contribution in [0.5, 0.6) is 0 Å². The van der Waals surface area contributed by atoms with Crippen LogP contribution in [0, 0.1) is 5.82 Å². The molecule has 1 heterocycles. The molecule has 0 atom stereocenters. The number of amides is 1. The molecule has 88 valence electrons. The highest BCUT2D eigenvalue weighted by Gasteiger charge is 2.13. The quantitative estimate of drug-likeness (QED) is 0.770. The fraction of sp³-hybridized carbons (Fsp3) is 0. The lowest BCUT2D eigenvalue weighted by Crippen LogP contribution is -2.13. The van der Waals surface area contributed by atoms with Crippen molar-refractivity contribution >= 4 is 28.9 Å². The van der Waals surface area contributed by atoms with E-state index in [-0.39, 0.29) is 16.4 Å². The van der Waals surface area contributed by atoms with Crippen LogP contribution < -0.4 is 11.1 Å². The van der Waals surface area contributed by atoms with Crippen molar-refractivity contribution in [3.63, 3.8) is 0 Å². The van der Waals surface area contributed by atoms with Gasteiger partial charge in [0, 0.05) is 11.9 Å². The van der Waals surface area contributed by atoms with Crippen LogP contribution in [-0.4, -0.2) is 10.9 Å². The molecule has 0 radical (unpaired) electrons. The number of nitrogen functional groups attached to an aromatic ring is 1. The van der Waals surface area contributed by atoms with E-state index in [4.69, 9.17) is 17.3 Å². The van der Waals surface area contributed by atoms with Crippen molar-refractivity contribution in [1.82, 2.24) is 4.98 Å². The lowest BCUT2D eigenvalue weighted by Gasteiger charge is -2.06. The second kappa shape index (κ2) is 4.47. The number of para-hydroxylation sites is 1. The maximum Gasteiger partial charge on any atom is 0.272 e. The van der Waals surface area contributed by atoms with Gasteiger partial charge in [-0.1, -0.05) is 17.7 Å². The van der Waals surface area contributed by atoms with Gasteiger partial charge >= 0.3 is 0 Å². The van der Waals surface area contributed by atoms with Crippen molar-refractivity contribution < 1.29 is 9.18 Å². The minimum atomic E-state index is -0.592. The van der Waals surface area contributed by atoms with E-state index in [1.165, 1.54) is 30.5 Å². The summed E-state index contributed by atoms with van der Waals surface area (Å²) in [5.41, 5.74) is 6.07. The van der Waals surface area contributed by atoms with Gasteiger partial charge in [0.05, 0.1) is 10.7 Å². The number of hydrogen-bond acceptors (Lipinski definition) is 2. The van der Waals surface area contributed by atoms with E-state index in [1.807, 2.05) is 0 Å². The topological polar surface area (TPSA) is 70.9 Å². The molecule has 1 aromatic carbocycles. The molecule has 0 spiro atoms. The van der Waals surface area contributed by atoms with Crippen LogP contribution in [0.3, 0.4) is 0 Å². The predicted molar refractivity (Wildman–Crippen MR) is 64.6 cm³/mol. The summed E-state index contributed by atoms with van der Waals surface area (Å²) in [6.45, 7) is 0. The summed E-state index contributed by atoms with van der Waals surface area (Å²) in [4.78, 5) is 14.4. The maximum atomic E-state index is 13.4. The Morgan fingerprint density at radius 2 is 2.24 bits per heavy atom. The van der Waals surface area contributed by atoms with E-state index >= 15 is 0 Å². The molecular weight excluding hydrogens is 245 g/mol. The average Bonchev–Trinajstić information content (AvgIpc) is 2.70. The summed E-state index contributed by atoms with van der Waals surface area (Å²) < 4.78 is 13.4. The van der Waals surface area contributed by atoms with Crippen molar-refractivity contribution in [3.05, 3.63) is 47.0 Å². The molecule has 6 heteroatoms. The van der Waals surface area contributed by atoms with Crippen LogP contribution in [-0.2, 0) is 0 Å². The average molecular weight is 254 g/mol. The first kappa shape index (κ1) is 11.5. The number of rotatable bonds is 2. The van der Waals surface area contributed by atoms with Gasteiger partial charge in [0.25, 0.3) is 5.91 Å². The Morgan fingerprint density at radius 3 is 2.82 bits per heavy atom. The molecular formula is C11H9ClFN3O. The molecule has 0 aliphatic carbocycles. The van der Waals surface area contributed by atoms with Crippen LogP contribution in [0.1, 0.15) is 10.5 Å². The molecule has 4 nitrogen and oxygen atoms in total. The van der Waals surface area contributed by atoms with Gasteiger partial charge in [-0.05, 0) is 18.2 Å². The van der Waals surface area contributed by atoms with Crippen molar-refractivity contribution in [2.45, 2.75) is 0 Å². The molecule has 17 heavy (non-hydrogen) atoms. The standard InChI is InChI=1S/C11H9ClFN3O/c12-7-2-1-3-8(13)10(7)16-11(17)9-4-6(14)5-15-9/h1-5,15H,14H2,(H,16,17). The van der Waals surface area contributed by atoms with E-state index in [0.29, 0.717) is 5.69 Å². The highest BCUT2D eigenvalue weighted by molar-refractivity contribution is 6.33. The number of nitrogens with one attached hydrogen (secondary N) is 2. The van der Waals surface area contributed by atoms with Gasteiger partial charge in [-0.3, -0.25) is 4.79 Å². The van der Waals surface area contributed by atoms with E-state index in [2.05, 4.69) is 10.3 Å². The predicted octanol–water partition coefficient (Wildman–Crippen LogP) is 2.64. The Kier molecular flexibility index (Phi) is 3.01. The summed E-state index contributed by atoms with van der Waals surface area (Å²) >= 11 is 5.78. The number of carbonyl (C=O) groups excluding carboxylic acids is 1. The fourth-order valence-electron chi connectivity index (χ4n) is 1.34. The molecule has 0 bridgehead atoms. The fourth-order valence-corrected chi connectivity index (χ4v) is 1.55. The number of nitrogens with two attached hydrogens (primary N) is 1. The van der Waals surface area contributed by atoms with Gasteiger partial charge in [0.2, 0.25) is 0 Å². The van der Waals surface area contributed by atoms with Crippen LogP contribution >= 0.6 is 11.6 Å². The van der Waals surface area contributed by atoms with Gasteiger partial charge in [-0.25, -0.2) is 4.39 Å². The molecule has 2 aromatic rings. The zero-order valence-corrected chi connectivity index (χ0v) is 9.38. The number of halogens is 2. The smallest absolute Gasteiger partial charge is 0.272 e. The van der Waals surface area contributed by atoms with Crippen molar-refractivity contribution in [2.24, 2.45) is 0 Å². The third-order valence-corrected chi connectivity index (χ3v) is 2.47. The number of aromatic nitrogens is 1. The molecule has 0 aliphatic rings. The molecule has 1 amide bonds. The van der Waals surface area contributed by atoms with Crippen LogP contribution in [0.15, 0.2) is 30.5 Å². The van der Waals surface area contributed by atoms with Crippen molar-refractivity contribution in [1.29, 1.82) is 0 Å². The van der Waals surface area contributed by atoms with E-state index in [1.54, 1.807) is 0 Å². The van der Waals surface area contributed by atoms with E-state index in [0.717, 1.165) is 0 Å². The first-order valence-electron chi connectivity index (χ1n) is 4.77. The summed E-state index contributed by atoms with van der Waals surface area (Å²) in [6.07, 6.45) is 1.47. The second-order valence-corrected chi connectivity index (χ2v) is 3.80. The zero-order chi connectivity index (χ0) is 12.4. The first-order valence-corrected chi connectivity index (χ1v) is 5.15. The molecule has 4 N–H and O–H groups in total. The Bertz CT molecular complexity index is 547. The van der Waals surface area contributed by atoms with Gasteiger partial charge in [-0.15, -0.1) is 0 Å². The number of H-pyrrole nitrogens is 1. The lowest BCUT2D eigenvalue weighted by molar-refractivity contribution is 0.102. The Labute approximate surface area is 102 Å². The molecule has 1 aromatic heterocycles. The highest BCUT2D eigenvalue weighted by atomic mass is 35.5. The molecule has 0 aliphatic heterocycles. The summed E-state index contributed by atoms with van der Waals surface area (Å²) in [5, 5.41) is 2.51. The molecule has 0 saturated heterocycles.